The molecule has 1 amide bonds. The number of aromatic nitrogens is 1. The van der Waals surface area contributed by atoms with E-state index in [4.69, 9.17) is 4.74 Å². The standard InChI is InChI=1S/C24H29N3O4S/c1-3-32(29,30)27-14-18(15-27)31-23-6-4-5-19-20(12-25-13-21(19)23)16-7-9-22-17(11-16)8-10-24(28)26(22)2/h7,9,11-13,18,23H,3-6,8,10,14-15H2,1-2H3/t23-/m1/s1. The number of aryl methyl sites for hydroxylation is 1. The van der Waals surface area contributed by atoms with Crippen LogP contribution in [-0.2, 0) is 32.4 Å². The molecule has 1 aromatic carbocycles. The molecular weight excluding hydrogens is 426 g/mol. The molecule has 0 spiro atoms. The summed E-state index contributed by atoms with van der Waals surface area (Å²) >= 11 is 0. The molecule has 8 heteroatoms. The van der Waals surface area contributed by atoms with Crippen molar-refractivity contribution in [2.45, 2.75) is 51.2 Å². The Morgan fingerprint density at radius 3 is 2.75 bits per heavy atom. The number of pyridine rings is 1. The van der Waals surface area contributed by atoms with E-state index >= 15 is 0 Å². The first-order valence-electron chi connectivity index (χ1n) is 11.4. The van der Waals surface area contributed by atoms with E-state index in [2.05, 4.69) is 17.1 Å². The summed E-state index contributed by atoms with van der Waals surface area (Å²) in [6, 6.07) is 6.31. The topological polar surface area (TPSA) is 79.8 Å². The SMILES string of the molecule is CCS(=O)(=O)N1CC(O[C@@H]2CCCc3c(-c4ccc5c(c4)CCC(=O)N5C)cncc32)C1. The summed E-state index contributed by atoms with van der Waals surface area (Å²) in [4.78, 5) is 18.3. The molecule has 0 N–H and O–H groups in total. The van der Waals surface area contributed by atoms with E-state index in [-0.39, 0.29) is 23.9 Å². The van der Waals surface area contributed by atoms with Crippen molar-refractivity contribution in [2.24, 2.45) is 0 Å². The quantitative estimate of drug-likeness (QED) is 0.692. The van der Waals surface area contributed by atoms with Gasteiger partial charge in [0, 0.05) is 55.8 Å². The number of hydrogen-bond donors (Lipinski definition) is 0. The van der Waals surface area contributed by atoms with Crippen LogP contribution in [0, 0.1) is 0 Å². The molecule has 1 fully saturated rings. The van der Waals surface area contributed by atoms with Crippen molar-refractivity contribution < 1.29 is 17.9 Å². The van der Waals surface area contributed by atoms with Crippen LogP contribution in [-0.4, -0.2) is 55.6 Å². The Hall–Kier alpha value is -2.29. The van der Waals surface area contributed by atoms with Gasteiger partial charge in [-0.25, -0.2) is 8.42 Å². The zero-order valence-corrected chi connectivity index (χ0v) is 19.4. The molecule has 0 radical (unpaired) electrons. The number of fused-ring (bicyclic) bond motifs is 2. The third-order valence-electron chi connectivity index (χ3n) is 6.99. The van der Waals surface area contributed by atoms with Gasteiger partial charge in [0.2, 0.25) is 15.9 Å². The lowest BCUT2D eigenvalue weighted by Gasteiger charge is -2.40. The molecule has 32 heavy (non-hydrogen) atoms. The van der Waals surface area contributed by atoms with Crippen LogP contribution >= 0.6 is 0 Å². The van der Waals surface area contributed by atoms with E-state index in [1.54, 1.807) is 11.8 Å². The highest BCUT2D eigenvalue weighted by Crippen LogP contribution is 2.40. The van der Waals surface area contributed by atoms with Gasteiger partial charge in [0.25, 0.3) is 0 Å². The monoisotopic (exact) mass is 455 g/mol. The average Bonchev–Trinajstić information content (AvgIpc) is 2.77. The van der Waals surface area contributed by atoms with Gasteiger partial charge in [0.15, 0.2) is 0 Å². The molecule has 0 saturated carbocycles. The summed E-state index contributed by atoms with van der Waals surface area (Å²) in [5.41, 5.74) is 6.82. The van der Waals surface area contributed by atoms with Gasteiger partial charge < -0.3 is 9.64 Å². The third kappa shape index (κ3) is 3.74. The molecule has 2 aliphatic heterocycles. The Labute approximate surface area is 189 Å². The summed E-state index contributed by atoms with van der Waals surface area (Å²) in [6.45, 7) is 2.54. The third-order valence-corrected chi connectivity index (χ3v) is 8.81. The number of anilines is 1. The first-order chi connectivity index (χ1) is 15.4. The largest absolute Gasteiger partial charge is 0.367 e. The number of rotatable bonds is 5. The Kier molecular flexibility index (Phi) is 5.55. The number of carbonyl (C=O) groups excluding carboxylic acids is 1. The highest BCUT2D eigenvalue weighted by Gasteiger charge is 2.38. The molecule has 1 atom stereocenters. The molecule has 7 nitrogen and oxygen atoms in total. The van der Waals surface area contributed by atoms with Crippen molar-refractivity contribution in [1.29, 1.82) is 0 Å². The highest BCUT2D eigenvalue weighted by atomic mass is 32.2. The molecule has 3 heterocycles. The average molecular weight is 456 g/mol. The maximum absolute atomic E-state index is 12.0. The number of carbonyl (C=O) groups is 1. The van der Waals surface area contributed by atoms with E-state index in [1.165, 1.54) is 15.4 Å². The second-order valence-corrected chi connectivity index (χ2v) is 11.2. The predicted octanol–water partition coefficient (Wildman–Crippen LogP) is 3.09. The van der Waals surface area contributed by atoms with Crippen LogP contribution in [0.25, 0.3) is 11.1 Å². The minimum absolute atomic E-state index is 0.0518. The lowest BCUT2D eigenvalue weighted by Crippen LogP contribution is -2.55. The second-order valence-electron chi connectivity index (χ2n) is 8.91. The van der Waals surface area contributed by atoms with Crippen LogP contribution in [0.4, 0.5) is 5.69 Å². The number of hydrogen-bond acceptors (Lipinski definition) is 5. The zero-order chi connectivity index (χ0) is 22.5. The van der Waals surface area contributed by atoms with Crippen molar-refractivity contribution in [3.8, 4) is 11.1 Å². The van der Waals surface area contributed by atoms with E-state index in [0.717, 1.165) is 48.1 Å². The highest BCUT2D eigenvalue weighted by molar-refractivity contribution is 7.89. The number of sulfonamides is 1. The Morgan fingerprint density at radius 1 is 1.16 bits per heavy atom. The Morgan fingerprint density at radius 2 is 1.97 bits per heavy atom. The van der Waals surface area contributed by atoms with Crippen LogP contribution in [0.2, 0.25) is 0 Å². The van der Waals surface area contributed by atoms with Crippen LogP contribution in [0.15, 0.2) is 30.6 Å². The molecule has 2 aromatic rings. The van der Waals surface area contributed by atoms with E-state index < -0.39 is 10.0 Å². The van der Waals surface area contributed by atoms with Crippen LogP contribution < -0.4 is 4.90 Å². The van der Waals surface area contributed by atoms with Gasteiger partial charge in [-0.15, -0.1) is 0 Å². The predicted molar refractivity (Wildman–Crippen MR) is 123 cm³/mol. The summed E-state index contributed by atoms with van der Waals surface area (Å²) in [5, 5.41) is 0. The van der Waals surface area contributed by atoms with Gasteiger partial charge in [-0.05, 0) is 61.4 Å². The van der Waals surface area contributed by atoms with Crippen LogP contribution in [0.5, 0.6) is 0 Å². The van der Waals surface area contributed by atoms with E-state index in [0.29, 0.717) is 19.5 Å². The van der Waals surface area contributed by atoms with Crippen molar-refractivity contribution in [2.75, 3.05) is 30.8 Å². The minimum Gasteiger partial charge on any atom is -0.367 e. The Balaban J connectivity index is 1.38. The van der Waals surface area contributed by atoms with Gasteiger partial charge in [0.1, 0.15) is 0 Å². The number of benzene rings is 1. The molecule has 0 unspecified atom stereocenters. The fourth-order valence-electron chi connectivity index (χ4n) is 5.02. The number of nitrogens with zero attached hydrogens (tertiary/aromatic N) is 3. The fourth-order valence-corrected chi connectivity index (χ4v) is 6.17. The first-order valence-corrected chi connectivity index (χ1v) is 13.0. The smallest absolute Gasteiger partial charge is 0.227 e. The number of amides is 1. The summed E-state index contributed by atoms with van der Waals surface area (Å²) < 4.78 is 31.8. The van der Waals surface area contributed by atoms with Gasteiger partial charge in [-0.2, -0.15) is 4.31 Å². The normalized spacial score (nSPS) is 21.8. The van der Waals surface area contributed by atoms with Gasteiger partial charge >= 0.3 is 0 Å². The summed E-state index contributed by atoms with van der Waals surface area (Å²) in [6.07, 6.45) is 7.96. The molecule has 0 bridgehead atoms. The Bertz CT molecular complexity index is 1160. The molecule has 1 aliphatic carbocycles. The molecule has 5 rings (SSSR count). The van der Waals surface area contributed by atoms with Crippen molar-refractivity contribution in [3.63, 3.8) is 0 Å². The van der Waals surface area contributed by atoms with E-state index in [1.807, 2.05) is 25.5 Å². The van der Waals surface area contributed by atoms with Crippen molar-refractivity contribution in [3.05, 3.63) is 47.3 Å². The van der Waals surface area contributed by atoms with Gasteiger partial charge in [-0.3, -0.25) is 9.78 Å². The molecule has 1 aromatic heterocycles. The fraction of sp³-hybridized carbons (Fsp3) is 0.500. The van der Waals surface area contributed by atoms with Crippen LogP contribution in [0.3, 0.4) is 0 Å². The van der Waals surface area contributed by atoms with Gasteiger partial charge in [0.05, 0.1) is 18.0 Å². The lowest BCUT2D eigenvalue weighted by atomic mass is 9.85. The van der Waals surface area contributed by atoms with Crippen molar-refractivity contribution in [1.82, 2.24) is 9.29 Å². The van der Waals surface area contributed by atoms with E-state index in [9.17, 15) is 13.2 Å². The van der Waals surface area contributed by atoms with Crippen molar-refractivity contribution >= 4 is 21.6 Å². The van der Waals surface area contributed by atoms with Crippen LogP contribution in [0.1, 0.15) is 49.0 Å². The minimum atomic E-state index is -3.14. The first kappa shape index (κ1) is 21.6. The summed E-state index contributed by atoms with van der Waals surface area (Å²) in [7, 11) is -1.30. The number of ether oxygens (including phenoxy) is 1. The second kappa shape index (κ2) is 8.24. The van der Waals surface area contributed by atoms with Gasteiger partial charge in [-0.1, -0.05) is 6.07 Å². The maximum atomic E-state index is 12.0. The molecule has 1 saturated heterocycles. The maximum Gasteiger partial charge on any atom is 0.227 e. The lowest BCUT2D eigenvalue weighted by molar-refractivity contribution is -0.118. The summed E-state index contributed by atoms with van der Waals surface area (Å²) in [5.74, 6) is 0.287. The zero-order valence-electron chi connectivity index (χ0n) is 18.6. The molecule has 170 valence electrons. The molecular formula is C24H29N3O4S. The molecule has 3 aliphatic rings.